The number of nitrogens with one attached hydrogen (secondary N) is 2. The highest BCUT2D eigenvalue weighted by Crippen LogP contribution is 2.47. The Kier molecular flexibility index (Phi) is 6.29. The number of carbonyl (C=O) groups is 2. The van der Waals surface area contributed by atoms with Gasteiger partial charge in [-0.3, -0.25) is 4.79 Å². The molecule has 3 N–H and O–H groups in total. The lowest BCUT2D eigenvalue weighted by atomic mass is 9.84. The van der Waals surface area contributed by atoms with Gasteiger partial charge in [-0.05, 0) is 48.9 Å². The Labute approximate surface area is 185 Å². The van der Waals surface area contributed by atoms with Crippen molar-refractivity contribution in [2.45, 2.75) is 37.1 Å². The van der Waals surface area contributed by atoms with Crippen molar-refractivity contribution in [1.29, 1.82) is 0 Å². The summed E-state index contributed by atoms with van der Waals surface area (Å²) in [5.74, 6) is 0.174. The number of aliphatic hydroxyl groups excluding tert-OH is 1. The molecule has 1 saturated heterocycles. The molecule has 4 atom stereocenters. The third kappa shape index (κ3) is 4.68. The van der Waals surface area contributed by atoms with Crippen LogP contribution in [-0.2, 0) is 9.53 Å². The molecule has 0 saturated carbocycles. The molecule has 2 heterocycles. The zero-order chi connectivity index (χ0) is 22.8. The monoisotopic (exact) mass is 443 g/mol. The van der Waals surface area contributed by atoms with Gasteiger partial charge in [-0.15, -0.1) is 0 Å². The number of urea groups is 1. The molecule has 4 rings (SSSR count). The number of amides is 3. The third-order valence-corrected chi connectivity index (χ3v) is 5.76. The number of hydrogen-bond acceptors (Lipinski definition) is 5. The average molecular weight is 443 g/mol. The Bertz CT molecular complexity index is 998. The minimum absolute atomic E-state index is 0.0443. The first kappa shape index (κ1) is 22.0. The van der Waals surface area contributed by atoms with Gasteiger partial charge in [0, 0.05) is 37.0 Å². The number of hydrogen-bond donors (Lipinski definition) is 3. The van der Waals surface area contributed by atoms with Crippen LogP contribution in [0, 0.1) is 5.82 Å². The first-order chi connectivity index (χ1) is 15.3. The molecule has 8 nitrogen and oxygen atoms in total. The highest BCUT2D eigenvalue weighted by atomic mass is 19.1. The molecule has 0 bridgehead atoms. The molecule has 3 amide bonds. The molecule has 1 fully saturated rings. The van der Waals surface area contributed by atoms with E-state index >= 15 is 0 Å². The molecule has 0 aliphatic carbocycles. The van der Waals surface area contributed by atoms with E-state index in [4.69, 9.17) is 9.47 Å². The number of benzene rings is 2. The smallest absolute Gasteiger partial charge is 0.323 e. The Morgan fingerprint density at radius 3 is 2.50 bits per heavy atom. The van der Waals surface area contributed by atoms with Crippen molar-refractivity contribution in [1.82, 2.24) is 4.90 Å². The topological polar surface area (TPSA) is 100 Å². The molecular weight excluding hydrogens is 417 g/mol. The summed E-state index contributed by atoms with van der Waals surface area (Å²) in [4.78, 5) is 26.0. The minimum Gasteiger partial charge on any atom is -0.487 e. The van der Waals surface area contributed by atoms with Crippen molar-refractivity contribution < 1.29 is 28.6 Å². The van der Waals surface area contributed by atoms with Gasteiger partial charge in [-0.2, -0.15) is 0 Å². The number of aliphatic hydroxyl groups is 1. The summed E-state index contributed by atoms with van der Waals surface area (Å²) < 4.78 is 25.0. The van der Waals surface area contributed by atoms with Crippen LogP contribution >= 0.6 is 0 Å². The van der Waals surface area contributed by atoms with E-state index in [0.717, 1.165) is 5.56 Å². The van der Waals surface area contributed by atoms with E-state index < -0.39 is 12.1 Å². The number of carbonyl (C=O) groups excluding carboxylic acids is 2. The van der Waals surface area contributed by atoms with Crippen LogP contribution in [0.4, 0.5) is 20.6 Å². The summed E-state index contributed by atoms with van der Waals surface area (Å²) in [6.07, 6.45) is -0.446. The lowest BCUT2D eigenvalue weighted by molar-refractivity contribution is -0.147. The molecule has 0 spiro atoms. The van der Waals surface area contributed by atoms with Crippen LogP contribution in [0.25, 0.3) is 0 Å². The van der Waals surface area contributed by atoms with Crippen LogP contribution in [0.2, 0.25) is 0 Å². The molecule has 2 aromatic carbocycles. The second-order valence-corrected chi connectivity index (χ2v) is 8.23. The summed E-state index contributed by atoms with van der Waals surface area (Å²) in [6, 6.07) is 10.4. The van der Waals surface area contributed by atoms with Crippen molar-refractivity contribution in [3.05, 3.63) is 53.8 Å². The van der Waals surface area contributed by atoms with Crippen molar-refractivity contribution >= 4 is 23.3 Å². The van der Waals surface area contributed by atoms with Gasteiger partial charge >= 0.3 is 6.03 Å². The summed E-state index contributed by atoms with van der Waals surface area (Å²) in [5.41, 5.74) is 1.94. The molecule has 32 heavy (non-hydrogen) atoms. The maximum Gasteiger partial charge on any atom is 0.323 e. The van der Waals surface area contributed by atoms with Gasteiger partial charge in [0.15, 0.2) is 0 Å². The van der Waals surface area contributed by atoms with E-state index in [1.165, 1.54) is 29.2 Å². The van der Waals surface area contributed by atoms with Crippen molar-refractivity contribution in [3.63, 3.8) is 0 Å². The lowest BCUT2D eigenvalue weighted by Crippen LogP contribution is -2.47. The van der Waals surface area contributed by atoms with Crippen molar-refractivity contribution in [2.75, 3.05) is 31.3 Å². The first-order valence-electron chi connectivity index (χ1n) is 10.4. The summed E-state index contributed by atoms with van der Waals surface area (Å²) in [7, 11) is 3.39. The van der Waals surface area contributed by atoms with Gasteiger partial charge in [0.2, 0.25) is 5.91 Å². The fourth-order valence-electron chi connectivity index (χ4n) is 4.17. The van der Waals surface area contributed by atoms with E-state index in [9.17, 15) is 19.1 Å². The SMILES string of the molecule is CN(C)C(=O)C[C@@H]1C[C@@H]2c3cc(NC(=O)Nc4ccc(F)cc4)ccc3O[C@@H]2[C@H](CO)O1. The predicted octanol–water partition coefficient (Wildman–Crippen LogP) is 2.94. The highest BCUT2D eigenvalue weighted by molar-refractivity contribution is 5.99. The minimum atomic E-state index is -0.542. The van der Waals surface area contributed by atoms with Gasteiger partial charge in [-0.25, -0.2) is 9.18 Å². The lowest BCUT2D eigenvalue weighted by Gasteiger charge is -2.37. The van der Waals surface area contributed by atoms with E-state index in [-0.39, 0.29) is 42.9 Å². The number of nitrogens with zero attached hydrogens (tertiary/aromatic N) is 1. The zero-order valence-corrected chi connectivity index (χ0v) is 17.9. The molecule has 2 aromatic rings. The highest BCUT2D eigenvalue weighted by Gasteiger charge is 2.46. The standard InChI is InChI=1S/C23H26FN3O5/c1-27(2)21(29)11-16-10-18-17-9-15(7-8-19(17)32-22(18)20(12-28)31-16)26-23(30)25-14-5-3-13(24)4-6-14/h3-9,16,18,20,22,28H,10-12H2,1-2H3,(H2,25,26,30)/t16-,18+,20-,22-/m0/s1. The third-order valence-electron chi connectivity index (χ3n) is 5.76. The van der Waals surface area contributed by atoms with Crippen LogP contribution in [-0.4, -0.2) is 61.0 Å². The van der Waals surface area contributed by atoms with Crippen LogP contribution < -0.4 is 15.4 Å². The molecule has 0 radical (unpaired) electrons. The molecule has 2 aliphatic rings. The normalized spacial score (nSPS) is 23.5. The fourth-order valence-corrected chi connectivity index (χ4v) is 4.17. The van der Waals surface area contributed by atoms with Crippen LogP contribution in [0.1, 0.15) is 24.3 Å². The maximum absolute atomic E-state index is 13.0. The van der Waals surface area contributed by atoms with Gasteiger partial charge in [0.25, 0.3) is 0 Å². The zero-order valence-electron chi connectivity index (χ0n) is 17.9. The Morgan fingerprint density at radius 1 is 1.12 bits per heavy atom. The quantitative estimate of drug-likeness (QED) is 0.660. The summed E-state index contributed by atoms with van der Waals surface area (Å²) >= 11 is 0. The fraction of sp³-hybridized carbons (Fsp3) is 0.391. The Hall–Kier alpha value is -3.17. The average Bonchev–Trinajstić information content (AvgIpc) is 3.12. The molecule has 0 aromatic heterocycles. The van der Waals surface area contributed by atoms with Crippen LogP contribution in [0.15, 0.2) is 42.5 Å². The predicted molar refractivity (Wildman–Crippen MR) is 116 cm³/mol. The second kappa shape index (κ2) is 9.13. The number of rotatable bonds is 5. The molecule has 9 heteroatoms. The van der Waals surface area contributed by atoms with Crippen LogP contribution in [0.3, 0.4) is 0 Å². The summed E-state index contributed by atoms with van der Waals surface area (Å²) in [6.45, 7) is -0.215. The Balaban J connectivity index is 1.48. The number of halogens is 1. The molecule has 2 aliphatic heterocycles. The van der Waals surface area contributed by atoms with Gasteiger partial charge in [0.05, 0.1) is 19.1 Å². The molecule has 170 valence electrons. The summed E-state index contributed by atoms with van der Waals surface area (Å²) in [5, 5.41) is 15.2. The number of fused-ring (bicyclic) bond motifs is 3. The van der Waals surface area contributed by atoms with Crippen LogP contribution in [0.5, 0.6) is 5.75 Å². The van der Waals surface area contributed by atoms with Gasteiger partial charge < -0.3 is 30.1 Å². The van der Waals surface area contributed by atoms with Crippen molar-refractivity contribution in [3.8, 4) is 5.75 Å². The van der Waals surface area contributed by atoms with Gasteiger partial charge in [-0.1, -0.05) is 0 Å². The van der Waals surface area contributed by atoms with E-state index in [1.54, 1.807) is 26.2 Å². The van der Waals surface area contributed by atoms with E-state index in [0.29, 0.717) is 23.5 Å². The largest absolute Gasteiger partial charge is 0.487 e. The molecule has 0 unspecified atom stereocenters. The first-order valence-corrected chi connectivity index (χ1v) is 10.4. The van der Waals surface area contributed by atoms with Crippen molar-refractivity contribution in [2.24, 2.45) is 0 Å². The number of ether oxygens (including phenoxy) is 2. The van der Waals surface area contributed by atoms with Gasteiger partial charge in [0.1, 0.15) is 23.8 Å². The van der Waals surface area contributed by atoms with E-state index in [2.05, 4.69) is 10.6 Å². The number of anilines is 2. The Morgan fingerprint density at radius 2 is 1.81 bits per heavy atom. The molecular formula is C23H26FN3O5. The maximum atomic E-state index is 13.0. The second-order valence-electron chi connectivity index (χ2n) is 8.23. The van der Waals surface area contributed by atoms with E-state index in [1.807, 2.05) is 6.07 Å².